The fourth-order valence-electron chi connectivity index (χ4n) is 2.61. The van der Waals surface area contributed by atoms with Crippen molar-refractivity contribution in [3.63, 3.8) is 0 Å². The van der Waals surface area contributed by atoms with Gasteiger partial charge in [-0.2, -0.15) is 0 Å². The molecule has 2 N–H and O–H groups in total. The van der Waals surface area contributed by atoms with E-state index in [2.05, 4.69) is 6.92 Å². The quantitative estimate of drug-likeness (QED) is 0.895. The van der Waals surface area contributed by atoms with Gasteiger partial charge in [-0.25, -0.2) is 0 Å². The average Bonchev–Trinajstić information content (AvgIpc) is 2.38. The first-order valence-electron chi connectivity index (χ1n) is 6.30. The second-order valence-electron chi connectivity index (χ2n) is 4.79. The number of hydrogen-bond donors (Lipinski definition) is 1. The number of halogens is 1. The highest BCUT2D eigenvalue weighted by atomic mass is 35.5. The van der Waals surface area contributed by atoms with Gasteiger partial charge in [0.2, 0.25) is 0 Å². The summed E-state index contributed by atoms with van der Waals surface area (Å²) in [6, 6.07) is 9.66. The molecule has 0 saturated carbocycles. The summed E-state index contributed by atoms with van der Waals surface area (Å²) in [6.07, 6.45) is 2.25. The Balaban J connectivity index is 0.00000162. The summed E-state index contributed by atoms with van der Waals surface area (Å²) in [5.41, 5.74) is 6.57. The molecule has 0 bridgehead atoms. The lowest BCUT2D eigenvalue weighted by molar-refractivity contribution is 0.0532. The lowest BCUT2D eigenvalue weighted by Crippen LogP contribution is -2.51. The second kappa shape index (κ2) is 6.76. The number of likely N-dealkylation sites (tertiary alicyclic amines) is 1. The number of carbonyl (C=O) groups is 1. The molecule has 1 aromatic carbocycles. The molecule has 4 heteroatoms. The van der Waals surface area contributed by atoms with Crippen molar-refractivity contribution in [1.82, 2.24) is 4.90 Å². The Morgan fingerprint density at radius 3 is 2.67 bits per heavy atom. The molecule has 1 aliphatic rings. The van der Waals surface area contributed by atoms with Crippen LogP contribution in [0.2, 0.25) is 0 Å². The minimum absolute atomic E-state index is 0. The summed E-state index contributed by atoms with van der Waals surface area (Å²) in [4.78, 5) is 14.3. The first-order valence-corrected chi connectivity index (χ1v) is 6.30. The molecular formula is C14H21ClN2O. The van der Waals surface area contributed by atoms with E-state index in [-0.39, 0.29) is 24.4 Å². The topological polar surface area (TPSA) is 46.3 Å². The van der Waals surface area contributed by atoms with Gasteiger partial charge in [0.1, 0.15) is 0 Å². The fourth-order valence-corrected chi connectivity index (χ4v) is 2.61. The van der Waals surface area contributed by atoms with Gasteiger partial charge in [-0.05, 0) is 30.9 Å². The van der Waals surface area contributed by atoms with E-state index in [4.69, 9.17) is 5.73 Å². The molecule has 1 heterocycles. The van der Waals surface area contributed by atoms with Crippen LogP contribution >= 0.6 is 12.4 Å². The summed E-state index contributed by atoms with van der Waals surface area (Å²) in [5, 5.41) is 0. The zero-order valence-electron chi connectivity index (χ0n) is 10.7. The first kappa shape index (κ1) is 15.0. The van der Waals surface area contributed by atoms with Gasteiger partial charge in [-0.1, -0.05) is 25.1 Å². The third kappa shape index (κ3) is 3.03. The van der Waals surface area contributed by atoms with E-state index in [0.29, 0.717) is 12.5 Å². The smallest absolute Gasteiger partial charge is 0.254 e. The largest absolute Gasteiger partial charge is 0.334 e. The Labute approximate surface area is 115 Å². The number of hydrogen-bond acceptors (Lipinski definition) is 2. The molecule has 1 fully saturated rings. The maximum Gasteiger partial charge on any atom is 0.254 e. The highest BCUT2D eigenvalue weighted by Crippen LogP contribution is 2.24. The molecule has 2 rings (SSSR count). The summed E-state index contributed by atoms with van der Waals surface area (Å²) in [6.45, 7) is 3.57. The van der Waals surface area contributed by atoms with Crippen LogP contribution in [0.1, 0.15) is 30.1 Å². The number of amides is 1. The Bertz CT molecular complexity index is 383. The zero-order valence-corrected chi connectivity index (χ0v) is 11.5. The normalized spacial score (nSPS) is 23.3. The van der Waals surface area contributed by atoms with Crippen molar-refractivity contribution in [3.8, 4) is 0 Å². The number of nitrogens with zero attached hydrogens (tertiary/aromatic N) is 1. The van der Waals surface area contributed by atoms with Crippen LogP contribution in [0, 0.1) is 5.92 Å². The molecule has 2 unspecified atom stereocenters. The molecule has 2 atom stereocenters. The van der Waals surface area contributed by atoms with Gasteiger partial charge >= 0.3 is 0 Å². The van der Waals surface area contributed by atoms with E-state index in [1.165, 1.54) is 6.42 Å². The van der Waals surface area contributed by atoms with Crippen LogP contribution < -0.4 is 5.73 Å². The highest BCUT2D eigenvalue weighted by molar-refractivity contribution is 5.94. The Kier molecular flexibility index (Phi) is 5.63. The Morgan fingerprint density at radius 1 is 1.39 bits per heavy atom. The van der Waals surface area contributed by atoms with Crippen molar-refractivity contribution < 1.29 is 4.79 Å². The van der Waals surface area contributed by atoms with Crippen LogP contribution in [-0.2, 0) is 0 Å². The van der Waals surface area contributed by atoms with E-state index >= 15 is 0 Å². The maximum absolute atomic E-state index is 12.4. The van der Waals surface area contributed by atoms with Gasteiger partial charge in [-0.15, -0.1) is 12.4 Å². The van der Waals surface area contributed by atoms with Crippen LogP contribution in [0.25, 0.3) is 0 Å². The summed E-state index contributed by atoms with van der Waals surface area (Å²) >= 11 is 0. The number of piperidine rings is 1. The fraction of sp³-hybridized carbons (Fsp3) is 0.500. The average molecular weight is 269 g/mol. The zero-order chi connectivity index (χ0) is 12.3. The molecule has 0 aliphatic carbocycles. The van der Waals surface area contributed by atoms with Crippen LogP contribution in [0.15, 0.2) is 30.3 Å². The molecule has 0 radical (unpaired) electrons. The molecule has 1 saturated heterocycles. The Morgan fingerprint density at radius 2 is 2.06 bits per heavy atom. The van der Waals surface area contributed by atoms with Gasteiger partial charge < -0.3 is 10.6 Å². The summed E-state index contributed by atoms with van der Waals surface area (Å²) in [5.74, 6) is 0.619. The molecule has 18 heavy (non-hydrogen) atoms. The van der Waals surface area contributed by atoms with Crippen LogP contribution in [0.4, 0.5) is 0 Å². The minimum atomic E-state index is 0. The summed E-state index contributed by atoms with van der Waals surface area (Å²) in [7, 11) is 0. The van der Waals surface area contributed by atoms with Gasteiger partial charge in [0, 0.05) is 24.7 Å². The molecule has 3 nitrogen and oxygen atoms in total. The summed E-state index contributed by atoms with van der Waals surface area (Å²) < 4.78 is 0. The van der Waals surface area contributed by atoms with Crippen LogP contribution in [-0.4, -0.2) is 29.9 Å². The molecule has 1 aromatic rings. The molecule has 1 amide bonds. The number of carbonyl (C=O) groups excluding carboxylic acids is 1. The van der Waals surface area contributed by atoms with Gasteiger partial charge in [-0.3, -0.25) is 4.79 Å². The standard InChI is InChI=1S/C14H20N2O.ClH/c1-11-6-5-9-16(13(11)10-15)14(17)12-7-3-2-4-8-12;/h2-4,7-8,11,13H,5-6,9-10,15H2,1H3;1H. The number of rotatable bonds is 2. The highest BCUT2D eigenvalue weighted by Gasteiger charge is 2.31. The molecule has 0 aromatic heterocycles. The number of benzene rings is 1. The van der Waals surface area contributed by atoms with Crippen LogP contribution in [0.5, 0.6) is 0 Å². The van der Waals surface area contributed by atoms with E-state index in [0.717, 1.165) is 18.5 Å². The number of nitrogens with two attached hydrogens (primary N) is 1. The van der Waals surface area contributed by atoms with Crippen molar-refractivity contribution in [1.29, 1.82) is 0 Å². The van der Waals surface area contributed by atoms with Crippen LogP contribution in [0.3, 0.4) is 0 Å². The van der Waals surface area contributed by atoms with Crippen molar-refractivity contribution in [2.24, 2.45) is 11.7 Å². The van der Waals surface area contributed by atoms with E-state index in [1.807, 2.05) is 35.2 Å². The maximum atomic E-state index is 12.4. The predicted molar refractivity (Wildman–Crippen MR) is 76.0 cm³/mol. The SMILES string of the molecule is CC1CCCN(C(=O)c2ccccc2)C1CN.Cl. The second-order valence-corrected chi connectivity index (χ2v) is 4.79. The minimum Gasteiger partial charge on any atom is -0.334 e. The lowest BCUT2D eigenvalue weighted by atomic mass is 9.90. The van der Waals surface area contributed by atoms with Gasteiger partial charge in [0.25, 0.3) is 5.91 Å². The van der Waals surface area contributed by atoms with Crippen molar-refractivity contribution in [2.75, 3.05) is 13.1 Å². The van der Waals surface area contributed by atoms with E-state index < -0.39 is 0 Å². The van der Waals surface area contributed by atoms with Crippen molar-refractivity contribution in [3.05, 3.63) is 35.9 Å². The van der Waals surface area contributed by atoms with Gasteiger partial charge in [0.05, 0.1) is 0 Å². The molecule has 1 aliphatic heterocycles. The molecular weight excluding hydrogens is 248 g/mol. The van der Waals surface area contributed by atoms with Gasteiger partial charge in [0.15, 0.2) is 0 Å². The van der Waals surface area contributed by atoms with E-state index in [9.17, 15) is 4.79 Å². The van der Waals surface area contributed by atoms with Crippen molar-refractivity contribution >= 4 is 18.3 Å². The third-order valence-corrected chi connectivity index (χ3v) is 3.64. The monoisotopic (exact) mass is 268 g/mol. The molecule has 100 valence electrons. The Hall–Kier alpha value is -1.06. The molecule has 0 spiro atoms. The predicted octanol–water partition coefficient (Wildman–Crippen LogP) is 2.31. The van der Waals surface area contributed by atoms with Crippen molar-refractivity contribution in [2.45, 2.75) is 25.8 Å². The third-order valence-electron chi connectivity index (χ3n) is 3.64. The van der Waals surface area contributed by atoms with E-state index in [1.54, 1.807) is 0 Å². The lowest BCUT2D eigenvalue weighted by Gasteiger charge is -2.39. The first-order chi connectivity index (χ1) is 8.24.